The van der Waals surface area contributed by atoms with Gasteiger partial charge in [0, 0.05) is 6.54 Å². The van der Waals surface area contributed by atoms with Crippen molar-refractivity contribution < 1.29 is 27.9 Å². The first-order chi connectivity index (χ1) is 9.67. The quantitative estimate of drug-likeness (QED) is 0.819. The molecule has 0 radical (unpaired) electrons. The Kier molecular flexibility index (Phi) is 6.29. The molecule has 2 atom stereocenters. The highest BCUT2D eigenvalue weighted by Gasteiger charge is 2.34. The molecule has 0 saturated heterocycles. The number of hydrogen-bond acceptors (Lipinski definition) is 2. The summed E-state index contributed by atoms with van der Waals surface area (Å²) < 4.78 is 37.0. The van der Waals surface area contributed by atoms with Crippen LogP contribution >= 0.6 is 0 Å². The second-order valence-corrected chi connectivity index (χ2v) is 5.69. The van der Waals surface area contributed by atoms with Gasteiger partial charge in [-0.15, -0.1) is 0 Å². The van der Waals surface area contributed by atoms with Crippen LogP contribution in [0.15, 0.2) is 0 Å². The van der Waals surface area contributed by atoms with E-state index in [2.05, 4.69) is 12.2 Å². The summed E-state index contributed by atoms with van der Waals surface area (Å²) in [6, 6.07) is -0.979. The molecule has 0 aliphatic heterocycles. The van der Waals surface area contributed by atoms with E-state index in [1.54, 1.807) is 0 Å². The number of alkyl halides is 3. The van der Waals surface area contributed by atoms with Crippen LogP contribution in [-0.4, -0.2) is 47.8 Å². The lowest BCUT2D eigenvalue weighted by Gasteiger charge is -2.28. The Morgan fingerprint density at radius 2 is 2.00 bits per heavy atom. The summed E-state index contributed by atoms with van der Waals surface area (Å²) in [6.07, 6.45) is -0.583. The Balaban J connectivity index is 2.49. The molecule has 1 rings (SSSR count). The van der Waals surface area contributed by atoms with Gasteiger partial charge in [-0.3, -0.25) is 4.79 Å². The largest absolute Gasteiger partial charge is 0.480 e. The number of carboxylic acids is 1. The molecular weight excluding hydrogens is 289 g/mol. The lowest BCUT2D eigenvalue weighted by Crippen LogP contribution is -2.48. The molecular formula is C13H21F3N2O3. The number of nitrogens with zero attached hydrogens (tertiary/aromatic N) is 1. The molecule has 0 aromatic heterocycles. The minimum absolute atomic E-state index is 0.246. The first-order valence-electron chi connectivity index (χ1n) is 6.98. The molecule has 0 spiro atoms. The zero-order chi connectivity index (χ0) is 16.0. The van der Waals surface area contributed by atoms with Crippen molar-refractivity contribution in [2.45, 2.75) is 38.8 Å². The number of aliphatic carboxylic acids is 1. The topological polar surface area (TPSA) is 69.6 Å². The first kappa shape index (κ1) is 17.6. The second-order valence-electron chi connectivity index (χ2n) is 5.69. The fourth-order valence-corrected chi connectivity index (χ4v) is 2.67. The molecule has 122 valence electrons. The molecule has 0 aromatic rings. The van der Waals surface area contributed by atoms with Crippen LogP contribution in [0.1, 0.15) is 32.6 Å². The smallest absolute Gasteiger partial charge is 0.406 e. The number of urea groups is 1. The molecule has 2 N–H and O–H groups in total. The third kappa shape index (κ3) is 7.19. The van der Waals surface area contributed by atoms with Crippen LogP contribution in [0.5, 0.6) is 0 Å². The van der Waals surface area contributed by atoms with Crippen LogP contribution in [-0.2, 0) is 4.79 Å². The Hall–Kier alpha value is -1.47. The summed E-state index contributed by atoms with van der Waals surface area (Å²) in [5.41, 5.74) is 0. The molecule has 1 fully saturated rings. The van der Waals surface area contributed by atoms with Gasteiger partial charge in [-0.2, -0.15) is 13.2 Å². The number of rotatable bonds is 5. The zero-order valence-electron chi connectivity index (χ0n) is 11.9. The highest BCUT2D eigenvalue weighted by molar-refractivity contribution is 5.80. The third-order valence-electron chi connectivity index (χ3n) is 3.57. The van der Waals surface area contributed by atoms with Crippen LogP contribution in [0, 0.1) is 11.8 Å². The molecule has 0 bridgehead atoms. The maximum Gasteiger partial charge on any atom is 0.406 e. The summed E-state index contributed by atoms with van der Waals surface area (Å²) in [4.78, 5) is 22.6. The van der Waals surface area contributed by atoms with E-state index in [1.807, 2.05) is 0 Å². The van der Waals surface area contributed by atoms with Crippen LogP contribution in [0.2, 0.25) is 0 Å². The van der Waals surface area contributed by atoms with Crippen LogP contribution in [0.25, 0.3) is 0 Å². The van der Waals surface area contributed by atoms with E-state index in [0.29, 0.717) is 5.92 Å². The number of carbonyl (C=O) groups excluding carboxylic acids is 1. The maximum absolute atomic E-state index is 12.3. The van der Waals surface area contributed by atoms with E-state index < -0.39 is 31.3 Å². The van der Waals surface area contributed by atoms with Gasteiger partial charge in [-0.1, -0.05) is 19.8 Å². The number of halogens is 3. The molecule has 1 saturated carbocycles. The van der Waals surface area contributed by atoms with Gasteiger partial charge in [0.05, 0.1) is 0 Å². The standard InChI is InChI=1S/C13H21F3N2O3/c1-9-3-2-4-10(5-9)6-17-12(21)18(7-11(19)20)8-13(14,15)16/h9-10H,2-8H2,1H3,(H,17,21)(H,19,20). The second kappa shape index (κ2) is 7.51. The highest BCUT2D eigenvalue weighted by atomic mass is 19.4. The fraction of sp³-hybridized carbons (Fsp3) is 0.846. The van der Waals surface area contributed by atoms with Crippen molar-refractivity contribution in [1.82, 2.24) is 10.2 Å². The predicted octanol–water partition coefficient (Wildman–Crippen LogP) is 2.47. The number of carbonyl (C=O) groups is 2. The summed E-state index contributed by atoms with van der Waals surface area (Å²) in [7, 11) is 0. The average Bonchev–Trinajstić information content (AvgIpc) is 2.33. The molecule has 21 heavy (non-hydrogen) atoms. The van der Waals surface area contributed by atoms with Crippen LogP contribution < -0.4 is 5.32 Å². The Morgan fingerprint density at radius 1 is 1.33 bits per heavy atom. The molecule has 8 heteroatoms. The molecule has 2 unspecified atom stereocenters. The molecule has 1 aliphatic carbocycles. The monoisotopic (exact) mass is 310 g/mol. The van der Waals surface area contributed by atoms with Gasteiger partial charge in [0.1, 0.15) is 13.1 Å². The summed E-state index contributed by atoms with van der Waals surface area (Å²) >= 11 is 0. The fourth-order valence-electron chi connectivity index (χ4n) is 2.67. The van der Waals surface area contributed by atoms with Crippen molar-refractivity contribution >= 4 is 12.0 Å². The lowest BCUT2D eigenvalue weighted by atomic mass is 9.82. The third-order valence-corrected chi connectivity index (χ3v) is 3.57. The van der Waals surface area contributed by atoms with Gasteiger partial charge in [0.25, 0.3) is 0 Å². The van der Waals surface area contributed by atoms with Gasteiger partial charge in [-0.05, 0) is 24.7 Å². The van der Waals surface area contributed by atoms with Crippen LogP contribution in [0.4, 0.5) is 18.0 Å². The minimum Gasteiger partial charge on any atom is -0.480 e. The van der Waals surface area contributed by atoms with Gasteiger partial charge >= 0.3 is 18.2 Å². The Morgan fingerprint density at radius 3 is 2.52 bits per heavy atom. The van der Waals surface area contributed by atoms with E-state index in [4.69, 9.17) is 5.11 Å². The van der Waals surface area contributed by atoms with Gasteiger partial charge < -0.3 is 15.3 Å². The van der Waals surface area contributed by atoms with Crippen LogP contribution in [0.3, 0.4) is 0 Å². The lowest BCUT2D eigenvalue weighted by molar-refractivity contribution is -0.148. The highest BCUT2D eigenvalue weighted by Crippen LogP contribution is 2.28. The number of nitrogens with one attached hydrogen (secondary N) is 1. The SMILES string of the molecule is CC1CCCC(CNC(=O)N(CC(=O)O)CC(F)(F)F)C1. The van der Waals surface area contributed by atoms with Gasteiger partial charge in [0.15, 0.2) is 0 Å². The Labute approximate surface area is 121 Å². The molecule has 1 aliphatic rings. The summed E-state index contributed by atoms with van der Waals surface area (Å²) in [6.45, 7) is -0.135. The molecule has 5 nitrogen and oxygen atoms in total. The van der Waals surface area contributed by atoms with E-state index in [1.165, 1.54) is 0 Å². The molecule has 0 heterocycles. The van der Waals surface area contributed by atoms with Gasteiger partial charge in [0.2, 0.25) is 0 Å². The van der Waals surface area contributed by atoms with E-state index in [9.17, 15) is 22.8 Å². The summed E-state index contributed by atoms with van der Waals surface area (Å²) in [5.74, 6) is -0.679. The Bertz CT molecular complexity index is 374. The van der Waals surface area contributed by atoms with Crippen molar-refractivity contribution in [3.63, 3.8) is 0 Å². The van der Waals surface area contributed by atoms with Crippen molar-refractivity contribution in [3.8, 4) is 0 Å². The van der Waals surface area contributed by atoms with Crippen molar-refractivity contribution in [1.29, 1.82) is 0 Å². The zero-order valence-corrected chi connectivity index (χ0v) is 11.9. The maximum atomic E-state index is 12.3. The van der Waals surface area contributed by atoms with E-state index >= 15 is 0 Å². The van der Waals surface area contributed by atoms with Crippen molar-refractivity contribution in [2.24, 2.45) is 11.8 Å². The van der Waals surface area contributed by atoms with Crippen molar-refractivity contribution in [2.75, 3.05) is 19.6 Å². The predicted molar refractivity (Wildman–Crippen MR) is 69.8 cm³/mol. The minimum atomic E-state index is -4.62. The van der Waals surface area contributed by atoms with Crippen molar-refractivity contribution in [3.05, 3.63) is 0 Å². The number of hydrogen-bond donors (Lipinski definition) is 2. The van der Waals surface area contributed by atoms with Gasteiger partial charge in [-0.25, -0.2) is 4.79 Å². The molecule has 0 aromatic carbocycles. The normalized spacial score (nSPS) is 22.7. The number of carboxylic acid groups (broad SMARTS) is 1. The molecule has 2 amide bonds. The number of amides is 2. The van der Waals surface area contributed by atoms with E-state index in [0.717, 1.165) is 25.7 Å². The average molecular weight is 310 g/mol. The summed E-state index contributed by atoms with van der Waals surface area (Å²) in [5, 5.41) is 11.0. The first-order valence-corrected chi connectivity index (χ1v) is 6.98. The van der Waals surface area contributed by atoms with E-state index in [-0.39, 0.29) is 17.4 Å².